The van der Waals surface area contributed by atoms with Crippen LogP contribution in [0.5, 0.6) is 11.5 Å². The molecule has 1 aromatic heterocycles. The highest BCUT2D eigenvalue weighted by Crippen LogP contribution is 2.38. The first-order valence-corrected chi connectivity index (χ1v) is 7.34. The van der Waals surface area contributed by atoms with E-state index < -0.39 is 4.92 Å². The second kappa shape index (κ2) is 5.77. The number of ether oxygens (including phenoxy) is 2. The summed E-state index contributed by atoms with van der Waals surface area (Å²) in [4.78, 5) is 9.82. The van der Waals surface area contributed by atoms with Gasteiger partial charge in [0.05, 0.1) is 24.1 Å². The molecular weight excluding hydrogens is 342 g/mol. The number of furan rings is 1. The average Bonchev–Trinajstić information content (AvgIpc) is 2.86. The van der Waals surface area contributed by atoms with E-state index in [0.717, 1.165) is 12.0 Å². The summed E-state index contributed by atoms with van der Waals surface area (Å²) >= 11 is 3.49. The quantitative estimate of drug-likeness (QED) is 0.476. The fourth-order valence-corrected chi connectivity index (χ4v) is 2.61. The van der Waals surface area contributed by atoms with E-state index in [9.17, 15) is 10.1 Å². The molecule has 0 aliphatic carbocycles. The van der Waals surface area contributed by atoms with Crippen molar-refractivity contribution in [2.45, 2.75) is 11.2 Å². The number of benzene rings is 1. The zero-order valence-electron chi connectivity index (χ0n) is 11.0. The van der Waals surface area contributed by atoms with Crippen LogP contribution in [0.25, 0.3) is 0 Å². The maximum absolute atomic E-state index is 10.7. The minimum absolute atomic E-state index is 0.274. The van der Waals surface area contributed by atoms with Crippen molar-refractivity contribution in [2.75, 3.05) is 13.2 Å². The van der Waals surface area contributed by atoms with Crippen molar-refractivity contribution in [3.63, 3.8) is 0 Å². The molecule has 7 heteroatoms. The maximum atomic E-state index is 10.7. The van der Waals surface area contributed by atoms with Gasteiger partial charge in [-0.15, -0.1) is 0 Å². The molecule has 6 nitrogen and oxygen atoms in total. The number of hydrogen-bond acceptors (Lipinski definition) is 5. The van der Waals surface area contributed by atoms with Gasteiger partial charge in [-0.05, 0) is 23.8 Å². The summed E-state index contributed by atoms with van der Waals surface area (Å²) in [7, 11) is 0. The first kappa shape index (κ1) is 13.9. The smallest absolute Gasteiger partial charge is 0.433 e. The minimum atomic E-state index is -0.558. The van der Waals surface area contributed by atoms with Gasteiger partial charge in [-0.3, -0.25) is 10.1 Å². The van der Waals surface area contributed by atoms with Crippen LogP contribution in [0.1, 0.15) is 22.6 Å². The normalized spacial score (nSPS) is 15.3. The van der Waals surface area contributed by atoms with Gasteiger partial charge in [0, 0.05) is 6.42 Å². The molecule has 2 heterocycles. The number of rotatable bonds is 3. The van der Waals surface area contributed by atoms with Crippen LogP contribution in [0.15, 0.2) is 34.7 Å². The summed E-state index contributed by atoms with van der Waals surface area (Å²) in [5.74, 6) is 1.58. The Morgan fingerprint density at radius 1 is 1.14 bits per heavy atom. The molecule has 1 aromatic carbocycles. The lowest BCUT2D eigenvalue weighted by molar-refractivity contribution is -0.402. The van der Waals surface area contributed by atoms with E-state index in [0.29, 0.717) is 30.5 Å². The van der Waals surface area contributed by atoms with Crippen LogP contribution in [0.3, 0.4) is 0 Å². The minimum Gasteiger partial charge on any atom is -0.490 e. The first-order valence-electron chi connectivity index (χ1n) is 6.43. The third-order valence-electron chi connectivity index (χ3n) is 3.11. The second-order valence-electron chi connectivity index (χ2n) is 4.55. The summed E-state index contributed by atoms with van der Waals surface area (Å²) in [6.07, 6.45) is 0.839. The number of nitrogens with zero attached hydrogens (tertiary/aromatic N) is 1. The zero-order chi connectivity index (χ0) is 14.8. The van der Waals surface area contributed by atoms with Crippen molar-refractivity contribution in [3.05, 3.63) is 51.8 Å². The molecule has 0 amide bonds. The fourth-order valence-electron chi connectivity index (χ4n) is 2.08. The van der Waals surface area contributed by atoms with E-state index in [-0.39, 0.29) is 10.7 Å². The molecule has 3 rings (SSSR count). The molecule has 0 fully saturated rings. The number of hydrogen-bond donors (Lipinski definition) is 0. The number of nitro groups is 1. The Kier molecular flexibility index (Phi) is 3.83. The van der Waals surface area contributed by atoms with E-state index in [1.807, 2.05) is 18.2 Å². The van der Waals surface area contributed by atoms with Gasteiger partial charge in [0.1, 0.15) is 10.7 Å². The predicted octanol–water partition coefficient (Wildman–Crippen LogP) is 3.83. The Bertz CT molecular complexity index is 669. The van der Waals surface area contributed by atoms with Crippen molar-refractivity contribution in [1.82, 2.24) is 0 Å². The van der Waals surface area contributed by atoms with Gasteiger partial charge >= 0.3 is 5.88 Å². The molecule has 0 saturated heterocycles. The van der Waals surface area contributed by atoms with Gasteiger partial charge in [0.2, 0.25) is 0 Å². The Balaban J connectivity index is 1.88. The lowest BCUT2D eigenvalue weighted by Gasteiger charge is -2.11. The van der Waals surface area contributed by atoms with Crippen LogP contribution in [0.2, 0.25) is 0 Å². The van der Waals surface area contributed by atoms with Gasteiger partial charge in [0.15, 0.2) is 11.5 Å². The predicted molar refractivity (Wildman–Crippen MR) is 78.2 cm³/mol. The third kappa shape index (κ3) is 2.87. The van der Waals surface area contributed by atoms with E-state index in [2.05, 4.69) is 15.9 Å². The molecule has 1 aliphatic rings. The Labute approximate surface area is 128 Å². The summed E-state index contributed by atoms with van der Waals surface area (Å²) in [5.41, 5.74) is 0.878. The standard InChI is InChI=1S/C14H12BrNO5/c15-14(11-4-5-13(21-11)16(17)18)9-2-3-10-12(8-9)20-7-1-6-19-10/h2-5,8,14H,1,6-7H2. The lowest BCUT2D eigenvalue weighted by atomic mass is 10.1. The first-order chi connectivity index (χ1) is 10.1. The topological polar surface area (TPSA) is 74.7 Å². The molecule has 0 spiro atoms. The van der Waals surface area contributed by atoms with Crippen LogP contribution in [-0.4, -0.2) is 18.1 Å². The molecule has 0 bridgehead atoms. The van der Waals surface area contributed by atoms with Crippen molar-refractivity contribution in [2.24, 2.45) is 0 Å². The van der Waals surface area contributed by atoms with Crippen molar-refractivity contribution < 1.29 is 18.8 Å². The van der Waals surface area contributed by atoms with Gasteiger partial charge < -0.3 is 13.9 Å². The molecule has 1 atom stereocenters. The highest BCUT2D eigenvalue weighted by molar-refractivity contribution is 9.09. The van der Waals surface area contributed by atoms with Crippen LogP contribution in [0.4, 0.5) is 5.88 Å². The monoisotopic (exact) mass is 353 g/mol. The lowest BCUT2D eigenvalue weighted by Crippen LogP contribution is -1.97. The van der Waals surface area contributed by atoms with Crippen molar-refractivity contribution >= 4 is 21.8 Å². The highest BCUT2D eigenvalue weighted by Gasteiger charge is 2.21. The van der Waals surface area contributed by atoms with E-state index >= 15 is 0 Å². The summed E-state index contributed by atoms with van der Waals surface area (Å²) < 4.78 is 16.4. The maximum Gasteiger partial charge on any atom is 0.433 e. The van der Waals surface area contributed by atoms with Crippen LogP contribution in [-0.2, 0) is 0 Å². The molecule has 1 unspecified atom stereocenters. The van der Waals surface area contributed by atoms with Crippen LogP contribution < -0.4 is 9.47 Å². The van der Waals surface area contributed by atoms with Crippen molar-refractivity contribution in [1.29, 1.82) is 0 Å². The number of halogens is 1. The average molecular weight is 354 g/mol. The largest absolute Gasteiger partial charge is 0.490 e. The molecule has 1 aliphatic heterocycles. The van der Waals surface area contributed by atoms with Gasteiger partial charge in [-0.2, -0.15) is 0 Å². The van der Waals surface area contributed by atoms with E-state index in [1.54, 1.807) is 6.07 Å². The van der Waals surface area contributed by atoms with E-state index in [1.165, 1.54) is 6.07 Å². The molecule has 110 valence electrons. The van der Waals surface area contributed by atoms with Gasteiger partial charge in [0.25, 0.3) is 0 Å². The van der Waals surface area contributed by atoms with Gasteiger partial charge in [-0.1, -0.05) is 22.0 Å². The molecule has 2 aromatic rings. The molecule has 0 saturated carbocycles. The SMILES string of the molecule is O=[N+]([O-])c1ccc(C(Br)c2ccc3c(c2)OCCCO3)o1. The second-order valence-corrected chi connectivity index (χ2v) is 5.47. The van der Waals surface area contributed by atoms with Crippen molar-refractivity contribution in [3.8, 4) is 11.5 Å². The molecule has 0 N–H and O–H groups in total. The van der Waals surface area contributed by atoms with Crippen LogP contribution >= 0.6 is 15.9 Å². The molecule has 0 radical (unpaired) electrons. The Morgan fingerprint density at radius 2 is 1.90 bits per heavy atom. The molecule has 21 heavy (non-hydrogen) atoms. The van der Waals surface area contributed by atoms with Crippen LogP contribution in [0, 0.1) is 10.1 Å². The van der Waals surface area contributed by atoms with Gasteiger partial charge in [-0.25, -0.2) is 0 Å². The summed E-state index contributed by atoms with van der Waals surface area (Å²) in [6, 6.07) is 8.49. The Hall–Kier alpha value is -2.02. The Morgan fingerprint density at radius 3 is 2.62 bits per heavy atom. The molecular formula is C14H12BrNO5. The number of fused-ring (bicyclic) bond motifs is 1. The summed E-state index contributed by atoms with van der Waals surface area (Å²) in [6.45, 7) is 1.24. The number of alkyl halides is 1. The third-order valence-corrected chi connectivity index (χ3v) is 4.09. The van der Waals surface area contributed by atoms with E-state index in [4.69, 9.17) is 13.9 Å². The zero-order valence-corrected chi connectivity index (χ0v) is 12.5. The summed E-state index contributed by atoms with van der Waals surface area (Å²) in [5, 5.41) is 10.7. The highest BCUT2D eigenvalue weighted by atomic mass is 79.9. The fraction of sp³-hybridized carbons (Fsp3) is 0.286.